The molecule has 11 rings (SSSR count). The molecule has 2 aromatic carbocycles. The molecule has 1 atom stereocenters. The van der Waals surface area contributed by atoms with Gasteiger partial charge >= 0.3 is 0 Å². The minimum absolute atomic E-state index is 0.177. The number of ether oxygens (including phenoxy) is 1. The molecule has 20 heteroatoms. The summed E-state index contributed by atoms with van der Waals surface area (Å²) >= 11 is 0. The summed E-state index contributed by atoms with van der Waals surface area (Å²) in [6, 6.07) is 14.2. The molecule has 6 saturated heterocycles. The third-order valence-electron chi connectivity index (χ3n) is 15.6. The molecule has 6 aliphatic heterocycles. The van der Waals surface area contributed by atoms with Gasteiger partial charge in [0.05, 0.1) is 54.2 Å². The molecule has 78 heavy (non-hydrogen) atoms. The number of benzene rings is 2. The summed E-state index contributed by atoms with van der Waals surface area (Å²) in [7, 11) is -4.03. The summed E-state index contributed by atoms with van der Waals surface area (Å²) < 4.78 is 55.4. The minimum atomic E-state index is -3.12. The van der Waals surface area contributed by atoms with E-state index in [1.165, 1.54) is 50.3 Å². The van der Waals surface area contributed by atoms with Gasteiger partial charge in [0.15, 0.2) is 0 Å². The molecule has 0 spiro atoms. The van der Waals surface area contributed by atoms with Gasteiger partial charge in [-0.15, -0.1) is 0 Å². The van der Waals surface area contributed by atoms with E-state index in [1.54, 1.807) is 20.8 Å². The number of allylic oxidation sites excluding steroid dienone is 2. The lowest BCUT2D eigenvalue weighted by atomic mass is 10.1. The van der Waals surface area contributed by atoms with Crippen LogP contribution in [0, 0.1) is 5.92 Å². The van der Waals surface area contributed by atoms with Gasteiger partial charge in [0, 0.05) is 133 Å². The number of piperazine rings is 2. The standard InChI is InChI=1S/C23H35N7O2S.C21H30N6O3S.C4H8.C4H10.C4H6.C2H6/c1-27-12-14-28(15-13-27)20-8-9-29(17-20)21-5-3-4-18-16-24-23(26-22(18)21)25-19-6-10-30(11-7-19)33(2,31)32;1-31(28,29)27-7-5-17(6-8-27)23-21-22-13-16-3-2-4-19(20(16)24-21)26-11-9-25(10-12-26)18-14-30-15-18;1-4-2-3-4;2*1-3-4-2;1-2/h3-5,16,19-20H,6-15,17H2,1-2H3,(H,24,25,26);2-4,13,17-18H,5-12,14-15H2,1H3,(H,22,23,24);4H,2-3H2,1H3;3-4H2,1-2H3;3-4H,1-2H2;1-2H3. The highest BCUT2D eigenvalue weighted by Gasteiger charge is 2.32. The zero-order chi connectivity index (χ0) is 56.2. The second-order valence-electron chi connectivity index (χ2n) is 21.6. The van der Waals surface area contributed by atoms with E-state index in [-0.39, 0.29) is 12.1 Å². The highest BCUT2D eigenvalue weighted by Crippen LogP contribution is 2.32. The molecule has 0 bridgehead atoms. The van der Waals surface area contributed by atoms with Crippen LogP contribution in [0.5, 0.6) is 0 Å². The van der Waals surface area contributed by atoms with Crippen LogP contribution in [-0.2, 0) is 24.8 Å². The number of aromatic nitrogens is 4. The van der Waals surface area contributed by atoms with Crippen molar-refractivity contribution in [3.05, 3.63) is 74.1 Å². The van der Waals surface area contributed by atoms with Crippen molar-refractivity contribution in [2.24, 2.45) is 5.92 Å². The van der Waals surface area contributed by atoms with Crippen LogP contribution in [0.15, 0.2) is 74.1 Å². The van der Waals surface area contributed by atoms with Gasteiger partial charge in [0.2, 0.25) is 31.9 Å². The van der Waals surface area contributed by atoms with Crippen LogP contribution in [0.25, 0.3) is 21.8 Å². The van der Waals surface area contributed by atoms with Gasteiger partial charge in [-0.1, -0.05) is 110 Å². The van der Waals surface area contributed by atoms with Crippen LogP contribution < -0.4 is 20.4 Å². The lowest BCUT2D eigenvalue weighted by Gasteiger charge is -2.43. The second-order valence-corrected chi connectivity index (χ2v) is 25.5. The van der Waals surface area contributed by atoms with Gasteiger partial charge in [-0.3, -0.25) is 9.80 Å². The van der Waals surface area contributed by atoms with Crippen molar-refractivity contribution in [3.63, 3.8) is 0 Å². The Hall–Kier alpha value is -4.54. The zero-order valence-electron chi connectivity index (χ0n) is 48.5. The third-order valence-corrected chi connectivity index (χ3v) is 18.2. The van der Waals surface area contributed by atoms with Crippen molar-refractivity contribution in [3.8, 4) is 0 Å². The Morgan fingerprint density at radius 2 is 1.01 bits per heavy atom. The first-order chi connectivity index (χ1) is 37.6. The Balaban J connectivity index is 0.000000203. The van der Waals surface area contributed by atoms with E-state index in [1.807, 2.05) is 26.2 Å². The van der Waals surface area contributed by atoms with Gasteiger partial charge in [-0.05, 0) is 57.2 Å². The monoisotopic (exact) mass is 1120 g/mol. The SMILES string of the molecule is C=CC=C.CC.CC1CC1.CCCC.CN1CCN(C2CCN(c3cccc4cnc(NC5CCN(S(C)(=O)=O)CC5)nc34)C2)CC1.CS(=O)(=O)N1CCC(Nc2ncc3cccc(N4CCN(C5COC5)CC4)c3n2)CC1. The molecule has 18 nitrogen and oxygen atoms in total. The molecule has 0 amide bonds. The number of rotatable bonds is 12. The maximum absolute atomic E-state index is 11.8. The van der Waals surface area contributed by atoms with Crippen LogP contribution in [0.1, 0.15) is 92.4 Å². The highest BCUT2D eigenvalue weighted by molar-refractivity contribution is 7.88. The van der Waals surface area contributed by atoms with Gasteiger partial charge in [-0.2, -0.15) is 0 Å². The smallest absolute Gasteiger partial charge is 0.223 e. The predicted octanol–water partition coefficient (Wildman–Crippen LogP) is 7.89. The molecule has 7 aliphatic rings. The number of nitrogens with one attached hydrogen (secondary N) is 2. The topological polar surface area (TPSA) is 176 Å². The largest absolute Gasteiger partial charge is 0.378 e. The summed E-state index contributed by atoms with van der Waals surface area (Å²) in [4.78, 5) is 31.3. The van der Waals surface area contributed by atoms with Crippen LogP contribution in [-0.4, -0.2) is 209 Å². The fourth-order valence-corrected chi connectivity index (χ4v) is 11.9. The molecule has 1 aliphatic carbocycles. The number of nitrogens with zero attached hydrogens (tertiary/aromatic N) is 11. The molecule has 2 N–H and O–H groups in total. The average molecular weight is 1120 g/mol. The summed E-state index contributed by atoms with van der Waals surface area (Å²) in [6.07, 6.45) is 19.4. The van der Waals surface area contributed by atoms with E-state index in [0.717, 1.165) is 138 Å². The molecular formula is C58H95N13O5S2. The fraction of sp³-hybridized carbons (Fsp3) is 0.655. The molecule has 434 valence electrons. The summed E-state index contributed by atoms with van der Waals surface area (Å²) in [6.45, 7) is 32.0. The van der Waals surface area contributed by atoms with E-state index >= 15 is 0 Å². The van der Waals surface area contributed by atoms with E-state index < -0.39 is 20.0 Å². The van der Waals surface area contributed by atoms with E-state index in [9.17, 15) is 16.8 Å². The van der Waals surface area contributed by atoms with Crippen molar-refractivity contribution in [2.75, 3.05) is 145 Å². The number of sulfonamides is 2. The molecule has 4 aromatic rings. The van der Waals surface area contributed by atoms with Gasteiger partial charge < -0.3 is 30.1 Å². The Kier molecular flexibility index (Phi) is 24.8. The summed E-state index contributed by atoms with van der Waals surface area (Å²) in [5.41, 5.74) is 4.29. The molecule has 1 saturated carbocycles. The second kappa shape index (κ2) is 30.9. The van der Waals surface area contributed by atoms with Crippen LogP contribution >= 0.6 is 0 Å². The lowest BCUT2D eigenvalue weighted by Crippen LogP contribution is -2.56. The first-order valence-electron chi connectivity index (χ1n) is 29.0. The summed E-state index contributed by atoms with van der Waals surface area (Å²) in [5, 5.41) is 8.96. The number of likely N-dealkylation sites (N-methyl/N-ethyl adjacent to an activating group) is 1. The molecule has 7 fully saturated rings. The van der Waals surface area contributed by atoms with Crippen molar-refractivity contribution in [1.29, 1.82) is 0 Å². The Morgan fingerprint density at radius 1 is 0.590 bits per heavy atom. The number of hydrogen-bond acceptors (Lipinski definition) is 16. The van der Waals surface area contributed by atoms with Crippen molar-refractivity contribution < 1.29 is 21.6 Å². The molecule has 2 aromatic heterocycles. The number of para-hydroxylation sites is 2. The Bertz CT molecular complexity index is 2670. The summed E-state index contributed by atoms with van der Waals surface area (Å²) in [5.74, 6) is 2.32. The van der Waals surface area contributed by atoms with E-state index in [0.29, 0.717) is 50.2 Å². The maximum atomic E-state index is 11.8. The highest BCUT2D eigenvalue weighted by atomic mass is 32.2. The Labute approximate surface area is 469 Å². The molecule has 0 radical (unpaired) electrons. The van der Waals surface area contributed by atoms with Gasteiger partial charge in [-0.25, -0.2) is 45.4 Å². The predicted molar refractivity (Wildman–Crippen MR) is 324 cm³/mol. The number of piperidine rings is 2. The lowest BCUT2D eigenvalue weighted by molar-refractivity contribution is -0.0660. The number of unbranched alkanes of at least 4 members (excludes halogenated alkanes) is 1. The minimum Gasteiger partial charge on any atom is -0.378 e. The van der Waals surface area contributed by atoms with Crippen LogP contribution in [0.3, 0.4) is 0 Å². The number of hydrogen-bond donors (Lipinski definition) is 2. The first kappa shape index (κ1) is 62.7. The molecule has 8 heterocycles. The van der Waals surface area contributed by atoms with E-state index in [4.69, 9.17) is 14.7 Å². The van der Waals surface area contributed by atoms with Crippen molar-refractivity contribution >= 4 is 65.1 Å². The molecule has 1 unspecified atom stereocenters. The van der Waals surface area contributed by atoms with E-state index in [2.05, 4.69) is 122 Å². The van der Waals surface area contributed by atoms with Gasteiger partial charge in [0.1, 0.15) is 0 Å². The number of fused-ring (bicyclic) bond motifs is 2. The zero-order valence-corrected chi connectivity index (χ0v) is 50.2. The van der Waals surface area contributed by atoms with Crippen LogP contribution in [0.2, 0.25) is 0 Å². The molecular weight excluding hydrogens is 1020 g/mol. The van der Waals surface area contributed by atoms with Crippen molar-refractivity contribution in [2.45, 2.75) is 117 Å². The quantitative estimate of drug-likeness (QED) is 0.131. The van der Waals surface area contributed by atoms with Gasteiger partial charge in [0.25, 0.3) is 0 Å². The average Bonchev–Trinajstić information content (AvgIpc) is 4.08. The fourth-order valence-electron chi connectivity index (χ4n) is 10.1. The maximum Gasteiger partial charge on any atom is 0.223 e. The number of anilines is 4. The van der Waals surface area contributed by atoms with Crippen LogP contribution in [0.4, 0.5) is 23.3 Å². The van der Waals surface area contributed by atoms with Crippen molar-refractivity contribution in [1.82, 2.24) is 43.2 Å². The Morgan fingerprint density at radius 3 is 1.40 bits per heavy atom. The first-order valence-corrected chi connectivity index (χ1v) is 32.7. The third kappa shape index (κ3) is 18.8. The normalized spacial score (nSPS) is 21.4.